The van der Waals surface area contributed by atoms with Crippen molar-refractivity contribution in [3.8, 4) is 0 Å². The zero-order valence-electron chi connectivity index (χ0n) is 9.34. The van der Waals surface area contributed by atoms with Crippen LogP contribution in [0.3, 0.4) is 0 Å². The third-order valence-corrected chi connectivity index (χ3v) is 3.19. The van der Waals surface area contributed by atoms with E-state index >= 15 is 0 Å². The molecule has 1 N–H and O–H groups in total. The van der Waals surface area contributed by atoms with Gasteiger partial charge < -0.3 is 9.94 Å². The monoisotopic (exact) mass is 313 g/mol. The van der Waals surface area contributed by atoms with E-state index in [-0.39, 0.29) is 21.3 Å². The number of hydrogen-bond donors (Lipinski definition) is 1. The summed E-state index contributed by atoms with van der Waals surface area (Å²) in [5, 5.41) is 12.3. The van der Waals surface area contributed by atoms with Crippen molar-refractivity contribution in [2.75, 3.05) is 6.61 Å². The first kappa shape index (κ1) is 14.4. The molecule has 8 heteroatoms. The molecular weight excluding hydrogens is 306 g/mol. The molecule has 0 bridgehead atoms. The molecule has 1 atom stereocenters. The summed E-state index contributed by atoms with van der Waals surface area (Å²) < 4.78 is 39.9. The summed E-state index contributed by atoms with van der Waals surface area (Å²) in [7, 11) is 0. The highest BCUT2D eigenvalue weighted by Gasteiger charge is 2.62. The van der Waals surface area contributed by atoms with Crippen molar-refractivity contribution in [1.82, 2.24) is 0 Å². The summed E-state index contributed by atoms with van der Waals surface area (Å²) in [6.07, 6.45) is -5.31. The Hall–Kier alpha value is -0.980. The molecule has 19 heavy (non-hydrogen) atoms. The Bertz CT molecular complexity index is 513. The van der Waals surface area contributed by atoms with Crippen LogP contribution in [-0.4, -0.2) is 23.6 Å². The van der Waals surface area contributed by atoms with E-state index in [0.29, 0.717) is 0 Å². The van der Waals surface area contributed by atoms with Gasteiger partial charge in [-0.3, -0.25) is 0 Å². The Labute approximate surface area is 116 Å². The molecule has 0 radical (unpaired) electrons. The summed E-state index contributed by atoms with van der Waals surface area (Å²) in [5.41, 5.74) is -2.99. The average molecular weight is 314 g/mol. The SMILES string of the molecule is OCC1=NOC(c2cc(Cl)cc(Cl)c2)(C(F)(F)F)C1. The smallest absolute Gasteiger partial charge is 0.390 e. The van der Waals surface area contributed by atoms with Gasteiger partial charge in [-0.25, -0.2) is 0 Å². The summed E-state index contributed by atoms with van der Waals surface area (Å²) in [5.74, 6) is 0. The second kappa shape index (κ2) is 4.85. The lowest BCUT2D eigenvalue weighted by molar-refractivity contribution is -0.275. The number of aliphatic hydroxyl groups excluding tert-OH is 1. The van der Waals surface area contributed by atoms with E-state index in [0.717, 1.165) is 12.1 Å². The van der Waals surface area contributed by atoms with Crippen LogP contribution in [0.4, 0.5) is 13.2 Å². The summed E-state index contributed by atoms with van der Waals surface area (Å²) in [6.45, 7) is -0.605. The van der Waals surface area contributed by atoms with Crippen LogP contribution in [-0.2, 0) is 10.4 Å². The van der Waals surface area contributed by atoms with E-state index < -0.39 is 24.8 Å². The lowest BCUT2D eigenvalue weighted by atomic mass is 9.88. The fourth-order valence-corrected chi connectivity index (χ4v) is 2.36. The van der Waals surface area contributed by atoms with Gasteiger partial charge in [-0.1, -0.05) is 28.4 Å². The van der Waals surface area contributed by atoms with Crippen LogP contribution >= 0.6 is 23.2 Å². The first-order chi connectivity index (χ1) is 8.78. The van der Waals surface area contributed by atoms with E-state index in [1.165, 1.54) is 6.07 Å². The molecule has 1 aliphatic heterocycles. The van der Waals surface area contributed by atoms with E-state index in [1.54, 1.807) is 0 Å². The summed E-state index contributed by atoms with van der Waals surface area (Å²) in [6, 6.07) is 3.56. The van der Waals surface area contributed by atoms with Crippen LogP contribution in [0.25, 0.3) is 0 Å². The lowest BCUT2D eigenvalue weighted by Crippen LogP contribution is -2.42. The largest absolute Gasteiger partial charge is 0.435 e. The van der Waals surface area contributed by atoms with E-state index in [9.17, 15) is 13.2 Å². The number of hydrogen-bond acceptors (Lipinski definition) is 3. The minimum atomic E-state index is -4.72. The predicted molar refractivity (Wildman–Crippen MR) is 64.4 cm³/mol. The van der Waals surface area contributed by atoms with Crippen molar-refractivity contribution < 1.29 is 23.1 Å². The number of halogens is 5. The first-order valence-electron chi connectivity index (χ1n) is 5.16. The van der Waals surface area contributed by atoms with Gasteiger partial charge in [0.05, 0.1) is 12.3 Å². The molecule has 3 nitrogen and oxygen atoms in total. The molecule has 1 heterocycles. The number of benzene rings is 1. The second-order valence-electron chi connectivity index (χ2n) is 4.07. The fourth-order valence-electron chi connectivity index (χ4n) is 1.84. The minimum absolute atomic E-state index is 0.0622. The van der Waals surface area contributed by atoms with Gasteiger partial charge in [0, 0.05) is 22.0 Å². The summed E-state index contributed by atoms with van der Waals surface area (Å²) in [4.78, 5) is 4.59. The molecule has 0 aromatic heterocycles. The molecule has 0 saturated heterocycles. The van der Waals surface area contributed by atoms with E-state index in [1.807, 2.05) is 0 Å². The normalized spacial score (nSPS) is 23.2. The number of oxime groups is 1. The Kier molecular flexibility index (Phi) is 3.68. The highest BCUT2D eigenvalue weighted by atomic mass is 35.5. The molecule has 0 saturated carbocycles. The first-order valence-corrected chi connectivity index (χ1v) is 5.92. The van der Waals surface area contributed by atoms with Crippen molar-refractivity contribution in [3.63, 3.8) is 0 Å². The molecule has 2 rings (SSSR count). The Balaban J connectivity index is 2.52. The lowest BCUT2D eigenvalue weighted by Gasteiger charge is -2.29. The molecule has 1 aromatic rings. The fraction of sp³-hybridized carbons (Fsp3) is 0.364. The van der Waals surface area contributed by atoms with Crippen LogP contribution in [0, 0.1) is 0 Å². The number of aliphatic hydroxyl groups is 1. The summed E-state index contributed by atoms with van der Waals surface area (Å²) >= 11 is 11.4. The minimum Gasteiger partial charge on any atom is -0.390 e. The molecule has 0 spiro atoms. The molecule has 0 fully saturated rings. The van der Waals surface area contributed by atoms with Crippen molar-refractivity contribution >= 4 is 28.9 Å². The Morgan fingerprint density at radius 2 is 1.84 bits per heavy atom. The van der Waals surface area contributed by atoms with Crippen molar-refractivity contribution in [3.05, 3.63) is 33.8 Å². The molecule has 104 valence electrons. The molecule has 0 amide bonds. The third-order valence-electron chi connectivity index (χ3n) is 2.75. The topological polar surface area (TPSA) is 41.8 Å². The molecule has 1 aromatic carbocycles. The van der Waals surface area contributed by atoms with Gasteiger partial charge in [-0.15, -0.1) is 0 Å². The maximum absolute atomic E-state index is 13.3. The van der Waals surface area contributed by atoms with Crippen LogP contribution in [0.2, 0.25) is 10.0 Å². The maximum Gasteiger partial charge on any atom is 0.435 e. The van der Waals surface area contributed by atoms with Crippen molar-refractivity contribution in [1.29, 1.82) is 0 Å². The van der Waals surface area contributed by atoms with Gasteiger partial charge in [0.15, 0.2) is 0 Å². The van der Waals surface area contributed by atoms with Crippen LogP contribution < -0.4 is 0 Å². The number of alkyl halides is 3. The average Bonchev–Trinajstić information content (AvgIpc) is 2.72. The van der Waals surface area contributed by atoms with Gasteiger partial charge in [0.25, 0.3) is 5.60 Å². The van der Waals surface area contributed by atoms with Gasteiger partial charge in [0.2, 0.25) is 0 Å². The quantitative estimate of drug-likeness (QED) is 0.907. The zero-order chi connectivity index (χ0) is 14.3. The highest BCUT2D eigenvalue weighted by Crippen LogP contribution is 2.48. The van der Waals surface area contributed by atoms with Gasteiger partial charge in [-0.05, 0) is 18.2 Å². The Morgan fingerprint density at radius 3 is 2.26 bits per heavy atom. The van der Waals surface area contributed by atoms with Crippen molar-refractivity contribution in [2.45, 2.75) is 18.2 Å². The van der Waals surface area contributed by atoms with Crippen molar-refractivity contribution in [2.24, 2.45) is 5.16 Å². The molecule has 1 aliphatic rings. The van der Waals surface area contributed by atoms with E-state index in [4.69, 9.17) is 28.3 Å². The van der Waals surface area contributed by atoms with Crippen LogP contribution in [0.15, 0.2) is 23.4 Å². The zero-order valence-corrected chi connectivity index (χ0v) is 10.9. The van der Waals surface area contributed by atoms with Gasteiger partial charge >= 0.3 is 6.18 Å². The third kappa shape index (κ3) is 2.52. The number of rotatable bonds is 2. The number of nitrogens with zero attached hydrogens (tertiary/aromatic N) is 1. The molecule has 1 unspecified atom stereocenters. The Morgan fingerprint density at radius 1 is 1.26 bits per heavy atom. The second-order valence-corrected chi connectivity index (χ2v) is 4.94. The van der Waals surface area contributed by atoms with Crippen LogP contribution in [0.5, 0.6) is 0 Å². The highest BCUT2D eigenvalue weighted by molar-refractivity contribution is 6.34. The predicted octanol–water partition coefficient (Wildman–Crippen LogP) is 3.52. The molecular formula is C11H8Cl2F3NO2. The standard InChI is InChI=1S/C11H8Cl2F3NO2/c12-7-1-6(2-8(13)3-7)10(11(14,15)16)4-9(5-18)17-19-10/h1-3,18H,4-5H2. The maximum atomic E-state index is 13.3. The van der Waals surface area contributed by atoms with Crippen LogP contribution in [0.1, 0.15) is 12.0 Å². The molecule has 0 aliphatic carbocycles. The van der Waals surface area contributed by atoms with Gasteiger partial charge in [0.1, 0.15) is 0 Å². The van der Waals surface area contributed by atoms with E-state index in [2.05, 4.69) is 9.99 Å². The van der Waals surface area contributed by atoms with Gasteiger partial charge in [-0.2, -0.15) is 13.2 Å².